The molecular weight excluding hydrogens is 450 g/mol. The minimum absolute atomic E-state index is 0.0427. The number of methoxy groups -OCH3 is 2. The van der Waals surface area contributed by atoms with Crippen molar-refractivity contribution in [3.8, 4) is 22.1 Å². The van der Waals surface area contributed by atoms with Gasteiger partial charge in [0.1, 0.15) is 9.84 Å². The molecule has 4 aromatic rings. The lowest BCUT2D eigenvalue weighted by Gasteiger charge is -2.09. The number of hydrogen-bond acceptors (Lipinski definition) is 8. The van der Waals surface area contributed by atoms with Gasteiger partial charge >= 0.3 is 0 Å². The van der Waals surface area contributed by atoms with Gasteiger partial charge in [0.05, 0.1) is 25.3 Å². The van der Waals surface area contributed by atoms with Crippen molar-refractivity contribution < 1.29 is 9.47 Å². The first-order chi connectivity index (χ1) is 15.0. The summed E-state index contributed by atoms with van der Waals surface area (Å²) in [7, 11) is 3.25. The Bertz CT molecular complexity index is 1310. The Balaban J connectivity index is 1.59. The lowest BCUT2D eigenvalue weighted by molar-refractivity contribution is 0.355. The summed E-state index contributed by atoms with van der Waals surface area (Å²) in [5, 5.41) is 4.45. The second-order valence-corrected chi connectivity index (χ2v) is 9.91. The quantitative estimate of drug-likeness (QED) is 0.260. The van der Waals surface area contributed by atoms with E-state index in [-0.39, 0.29) is 5.56 Å². The fraction of sp³-hybridized carbons (Fsp3) is 0.318. The molecule has 0 saturated carbocycles. The molecule has 0 aliphatic rings. The minimum Gasteiger partial charge on any atom is -0.493 e. The van der Waals surface area contributed by atoms with Crippen LogP contribution < -0.4 is 15.0 Å². The monoisotopic (exact) mass is 473 g/mol. The van der Waals surface area contributed by atoms with Crippen LogP contribution in [0.4, 0.5) is 0 Å². The van der Waals surface area contributed by atoms with Gasteiger partial charge in [-0.25, -0.2) is 9.97 Å². The van der Waals surface area contributed by atoms with Gasteiger partial charge in [0.15, 0.2) is 16.7 Å². The van der Waals surface area contributed by atoms with E-state index in [0.717, 1.165) is 42.1 Å². The van der Waals surface area contributed by atoms with E-state index < -0.39 is 0 Å². The molecule has 0 bridgehead atoms. The van der Waals surface area contributed by atoms with Gasteiger partial charge in [0.2, 0.25) is 0 Å². The van der Waals surface area contributed by atoms with Crippen LogP contribution in [0, 0.1) is 13.8 Å². The van der Waals surface area contributed by atoms with Crippen LogP contribution in [-0.4, -0.2) is 28.8 Å². The zero-order valence-electron chi connectivity index (χ0n) is 18.0. The molecule has 0 aliphatic heterocycles. The van der Waals surface area contributed by atoms with Crippen molar-refractivity contribution in [2.75, 3.05) is 14.2 Å². The fourth-order valence-electron chi connectivity index (χ4n) is 3.31. The molecule has 3 heterocycles. The highest BCUT2D eigenvalue weighted by atomic mass is 32.2. The molecule has 9 heteroatoms. The first kappa shape index (κ1) is 21.9. The molecule has 0 aliphatic carbocycles. The van der Waals surface area contributed by atoms with E-state index in [0.29, 0.717) is 23.8 Å². The van der Waals surface area contributed by atoms with Gasteiger partial charge < -0.3 is 9.47 Å². The number of nitrogens with zero attached hydrogens (tertiary/aromatic N) is 3. The Morgan fingerprint density at radius 3 is 2.61 bits per heavy atom. The largest absolute Gasteiger partial charge is 0.493 e. The van der Waals surface area contributed by atoms with Crippen LogP contribution >= 0.6 is 34.4 Å². The second kappa shape index (κ2) is 9.02. The lowest BCUT2D eigenvalue weighted by atomic mass is 10.2. The van der Waals surface area contributed by atoms with E-state index in [4.69, 9.17) is 19.4 Å². The van der Waals surface area contributed by atoms with Crippen LogP contribution in [0.2, 0.25) is 0 Å². The third-order valence-electron chi connectivity index (χ3n) is 5.10. The Morgan fingerprint density at radius 1 is 1.13 bits per heavy atom. The third-order valence-corrected chi connectivity index (χ3v) is 8.15. The maximum Gasteiger partial charge on any atom is 0.263 e. The van der Waals surface area contributed by atoms with Crippen LogP contribution in [0.15, 0.2) is 33.5 Å². The van der Waals surface area contributed by atoms with Crippen molar-refractivity contribution in [3.05, 3.63) is 50.1 Å². The lowest BCUT2D eigenvalue weighted by Crippen LogP contribution is -2.22. The first-order valence-corrected chi connectivity index (χ1v) is 12.4. The number of hydrogen-bond donors (Lipinski definition) is 0. The molecule has 3 aromatic heterocycles. The van der Waals surface area contributed by atoms with E-state index in [1.165, 1.54) is 0 Å². The van der Waals surface area contributed by atoms with E-state index in [9.17, 15) is 4.79 Å². The molecule has 0 unspecified atom stereocenters. The minimum atomic E-state index is 0.0427. The van der Waals surface area contributed by atoms with Crippen molar-refractivity contribution in [2.24, 2.45) is 0 Å². The summed E-state index contributed by atoms with van der Waals surface area (Å²) in [5.74, 6) is 2.01. The molecule has 1 aromatic carbocycles. The summed E-state index contributed by atoms with van der Waals surface area (Å²) >= 11 is 4.72. The normalized spacial score (nSPS) is 11.3. The Kier molecular flexibility index (Phi) is 6.36. The van der Waals surface area contributed by atoms with E-state index in [2.05, 4.69) is 0 Å². The number of aromatic nitrogens is 3. The van der Waals surface area contributed by atoms with Gasteiger partial charge in [-0.2, -0.15) is 0 Å². The van der Waals surface area contributed by atoms with Crippen molar-refractivity contribution in [2.45, 2.75) is 38.2 Å². The Morgan fingerprint density at radius 2 is 1.90 bits per heavy atom. The van der Waals surface area contributed by atoms with Gasteiger partial charge in [0, 0.05) is 28.1 Å². The van der Waals surface area contributed by atoms with Crippen LogP contribution in [-0.2, 0) is 12.3 Å². The van der Waals surface area contributed by atoms with E-state index in [1.54, 1.807) is 53.2 Å². The van der Waals surface area contributed by atoms with Crippen LogP contribution in [0.3, 0.4) is 0 Å². The molecule has 0 N–H and O–H groups in total. The summed E-state index contributed by atoms with van der Waals surface area (Å²) < 4.78 is 12.5. The molecule has 0 saturated heterocycles. The standard InChI is InChI=1S/C22H23N3O3S3/c1-6-25-21(26)18-12(2)13(3)31-20(18)24-22(25)30-11-15-10-29-19(23-15)14-7-8-16(27-4)17(9-14)28-5/h7-10H,6,11H2,1-5H3. The highest BCUT2D eigenvalue weighted by Crippen LogP contribution is 2.34. The highest BCUT2D eigenvalue weighted by Gasteiger charge is 2.17. The van der Waals surface area contributed by atoms with Gasteiger partial charge in [-0.1, -0.05) is 11.8 Å². The number of thiophene rings is 1. The van der Waals surface area contributed by atoms with Gasteiger partial charge in [-0.05, 0) is 44.5 Å². The Hall–Kier alpha value is -2.36. The number of aryl methyl sites for hydroxylation is 2. The topological polar surface area (TPSA) is 66.2 Å². The molecule has 31 heavy (non-hydrogen) atoms. The maximum atomic E-state index is 13.0. The molecule has 4 rings (SSSR count). The zero-order valence-corrected chi connectivity index (χ0v) is 20.5. The molecule has 0 radical (unpaired) electrons. The molecule has 0 fully saturated rings. The smallest absolute Gasteiger partial charge is 0.263 e. The number of rotatable bonds is 7. The first-order valence-electron chi connectivity index (χ1n) is 9.76. The van der Waals surface area contributed by atoms with Crippen molar-refractivity contribution in [3.63, 3.8) is 0 Å². The second-order valence-electron chi connectivity index (χ2n) is 6.91. The molecule has 0 amide bonds. The van der Waals surface area contributed by atoms with E-state index >= 15 is 0 Å². The third kappa shape index (κ3) is 4.09. The van der Waals surface area contributed by atoms with Crippen LogP contribution in [0.5, 0.6) is 11.5 Å². The summed E-state index contributed by atoms with van der Waals surface area (Å²) in [6.45, 7) is 6.60. The van der Waals surface area contributed by atoms with Gasteiger partial charge in [0.25, 0.3) is 5.56 Å². The van der Waals surface area contributed by atoms with Crippen LogP contribution in [0.25, 0.3) is 20.8 Å². The molecule has 6 nitrogen and oxygen atoms in total. The fourth-order valence-corrected chi connectivity index (χ4v) is 6.26. The van der Waals surface area contributed by atoms with E-state index in [1.807, 2.05) is 44.4 Å². The number of fused-ring (bicyclic) bond motifs is 1. The van der Waals surface area contributed by atoms with Gasteiger partial charge in [-0.15, -0.1) is 22.7 Å². The zero-order chi connectivity index (χ0) is 22.1. The Labute approximate surface area is 192 Å². The predicted octanol–water partition coefficient (Wildman–Crippen LogP) is 5.53. The molecule has 0 atom stereocenters. The molecular formula is C22H23N3O3S3. The highest BCUT2D eigenvalue weighted by molar-refractivity contribution is 7.98. The predicted molar refractivity (Wildman–Crippen MR) is 129 cm³/mol. The SMILES string of the molecule is CCn1c(SCc2csc(-c3ccc(OC)c(OC)c3)n2)nc2sc(C)c(C)c2c1=O. The average molecular weight is 474 g/mol. The van der Waals surface area contributed by atoms with Crippen LogP contribution in [0.1, 0.15) is 23.1 Å². The van der Waals surface area contributed by atoms with Crippen molar-refractivity contribution >= 4 is 44.7 Å². The number of ether oxygens (including phenoxy) is 2. The summed E-state index contributed by atoms with van der Waals surface area (Å²) in [4.78, 5) is 24.5. The molecule has 162 valence electrons. The number of thioether (sulfide) groups is 1. The summed E-state index contributed by atoms with van der Waals surface area (Å²) in [5.41, 5.74) is 3.01. The maximum absolute atomic E-state index is 13.0. The van der Waals surface area contributed by atoms with Gasteiger partial charge in [-0.3, -0.25) is 9.36 Å². The van der Waals surface area contributed by atoms with Crippen molar-refractivity contribution in [1.82, 2.24) is 14.5 Å². The number of thiazole rings is 1. The molecule has 0 spiro atoms. The van der Waals surface area contributed by atoms with Crippen molar-refractivity contribution in [1.29, 1.82) is 0 Å². The summed E-state index contributed by atoms with van der Waals surface area (Å²) in [6, 6.07) is 5.79. The summed E-state index contributed by atoms with van der Waals surface area (Å²) in [6.07, 6.45) is 0. The number of benzene rings is 1. The average Bonchev–Trinajstić information content (AvgIpc) is 3.36.